The van der Waals surface area contributed by atoms with Crippen LogP contribution in [0.5, 0.6) is 11.5 Å². The molecule has 2 aromatic carbocycles. The fraction of sp³-hybridized carbons (Fsp3) is 0.321. The fourth-order valence-electron chi connectivity index (χ4n) is 4.63. The first-order valence-electron chi connectivity index (χ1n) is 11.7. The molecular weight excluding hydrogens is 442 g/mol. The van der Waals surface area contributed by atoms with Crippen molar-refractivity contribution in [1.82, 2.24) is 10.3 Å². The number of hydrogen-bond acceptors (Lipinski definition) is 5. The highest BCUT2D eigenvalue weighted by atomic mass is 16.5. The number of anilines is 1. The maximum Gasteiger partial charge on any atom is 0.227 e. The zero-order chi connectivity index (χ0) is 24.9. The Morgan fingerprint density at radius 2 is 1.83 bits per heavy atom. The van der Waals surface area contributed by atoms with E-state index in [-0.39, 0.29) is 24.3 Å². The average molecular weight is 474 g/mol. The third-order valence-corrected chi connectivity index (χ3v) is 6.54. The highest BCUT2D eigenvalue weighted by Crippen LogP contribution is 2.42. The van der Waals surface area contributed by atoms with Crippen molar-refractivity contribution in [1.29, 1.82) is 0 Å². The van der Waals surface area contributed by atoms with Crippen LogP contribution in [0.1, 0.15) is 48.5 Å². The molecule has 2 amide bonds. The molecule has 3 aromatic rings. The van der Waals surface area contributed by atoms with Gasteiger partial charge in [0.05, 0.1) is 32.2 Å². The number of nitrogens with zero attached hydrogens (tertiary/aromatic N) is 2. The Morgan fingerprint density at radius 1 is 1.09 bits per heavy atom. The fourth-order valence-corrected chi connectivity index (χ4v) is 4.63. The molecule has 0 radical (unpaired) electrons. The smallest absolute Gasteiger partial charge is 0.227 e. The second kappa shape index (κ2) is 10.6. The van der Waals surface area contributed by atoms with Gasteiger partial charge in [0.25, 0.3) is 0 Å². The summed E-state index contributed by atoms with van der Waals surface area (Å²) in [6, 6.07) is 16.4. The quantitative estimate of drug-likeness (QED) is 0.535. The maximum atomic E-state index is 13.7. The second-order valence-electron chi connectivity index (χ2n) is 8.82. The molecule has 4 rings (SSSR count). The molecule has 2 heterocycles. The van der Waals surface area contributed by atoms with Crippen molar-refractivity contribution in [3.63, 3.8) is 0 Å². The van der Waals surface area contributed by atoms with Crippen LogP contribution in [-0.4, -0.2) is 31.0 Å². The first-order valence-corrected chi connectivity index (χ1v) is 11.7. The number of benzene rings is 2. The molecule has 0 saturated carbocycles. The van der Waals surface area contributed by atoms with E-state index >= 15 is 0 Å². The van der Waals surface area contributed by atoms with Crippen LogP contribution in [0.15, 0.2) is 67.0 Å². The van der Waals surface area contributed by atoms with Crippen LogP contribution in [0.4, 0.5) is 5.69 Å². The normalized spacial score (nSPS) is 18.6. The number of ether oxygens (including phenoxy) is 2. The highest BCUT2D eigenvalue weighted by molar-refractivity contribution is 5.97. The minimum Gasteiger partial charge on any atom is -0.493 e. The summed E-state index contributed by atoms with van der Waals surface area (Å²) in [6.07, 6.45) is 4.19. The Labute approximate surface area is 206 Å². The number of aryl methyl sites for hydroxylation is 1. The Bertz CT molecular complexity index is 1180. The van der Waals surface area contributed by atoms with Crippen molar-refractivity contribution in [2.75, 3.05) is 19.1 Å². The molecule has 1 aromatic heterocycles. The Morgan fingerprint density at radius 3 is 2.49 bits per heavy atom. The Balaban J connectivity index is 1.74. The average Bonchev–Trinajstić information content (AvgIpc) is 2.89. The summed E-state index contributed by atoms with van der Waals surface area (Å²) in [4.78, 5) is 32.9. The molecule has 1 aliphatic heterocycles. The van der Waals surface area contributed by atoms with E-state index in [9.17, 15) is 9.59 Å². The van der Waals surface area contributed by atoms with Gasteiger partial charge in [-0.2, -0.15) is 0 Å². The van der Waals surface area contributed by atoms with Crippen LogP contribution in [0, 0.1) is 12.8 Å². The van der Waals surface area contributed by atoms with Gasteiger partial charge in [-0.15, -0.1) is 0 Å². The van der Waals surface area contributed by atoms with Gasteiger partial charge >= 0.3 is 0 Å². The molecule has 1 fully saturated rings. The first kappa shape index (κ1) is 24.3. The van der Waals surface area contributed by atoms with Gasteiger partial charge in [0.1, 0.15) is 0 Å². The maximum absolute atomic E-state index is 13.7. The largest absolute Gasteiger partial charge is 0.493 e. The predicted octanol–water partition coefficient (Wildman–Crippen LogP) is 4.77. The first-order chi connectivity index (χ1) is 16.9. The minimum atomic E-state index is -0.500. The van der Waals surface area contributed by atoms with Crippen LogP contribution in [0.25, 0.3) is 0 Å². The van der Waals surface area contributed by atoms with Gasteiger partial charge in [-0.05, 0) is 61.7 Å². The van der Waals surface area contributed by atoms with Crippen molar-refractivity contribution >= 4 is 17.5 Å². The van der Waals surface area contributed by atoms with Crippen molar-refractivity contribution in [2.24, 2.45) is 5.92 Å². The lowest BCUT2D eigenvalue weighted by Crippen LogP contribution is -2.48. The van der Waals surface area contributed by atoms with Gasteiger partial charge in [0, 0.05) is 24.5 Å². The zero-order valence-corrected chi connectivity index (χ0v) is 20.5. The standard InChI is InChI=1S/C28H31N3O4/c1-18-7-10-22(11-8-18)31-26(32)14-12-23(28(33)30-19(2)21-6-5-15-29-17-21)27(31)20-9-13-24(34-3)25(16-20)35-4/h5-11,13,15-17,19,23,27H,12,14H2,1-4H3,(H,30,33). The number of carbonyl (C=O) groups excluding carboxylic acids is 2. The summed E-state index contributed by atoms with van der Waals surface area (Å²) in [5.74, 6) is 0.566. The summed E-state index contributed by atoms with van der Waals surface area (Å²) < 4.78 is 10.9. The number of aromatic nitrogens is 1. The molecule has 3 unspecified atom stereocenters. The highest BCUT2D eigenvalue weighted by Gasteiger charge is 2.42. The molecule has 0 aliphatic carbocycles. The van der Waals surface area contributed by atoms with Crippen molar-refractivity contribution < 1.29 is 19.1 Å². The molecule has 1 aliphatic rings. The minimum absolute atomic E-state index is 0.0157. The summed E-state index contributed by atoms with van der Waals surface area (Å²) in [7, 11) is 3.15. The van der Waals surface area contributed by atoms with E-state index in [4.69, 9.17) is 9.47 Å². The lowest BCUT2D eigenvalue weighted by molar-refractivity contribution is -0.129. The summed E-state index contributed by atoms with van der Waals surface area (Å²) >= 11 is 0. The van der Waals surface area contributed by atoms with Crippen molar-refractivity contribution in [3.8, 4) is 11.5 Å². The van der Waals surface area contributed by atoms with Crippen LogP contribution < -0.4 is 19.7 Å². The number of piperidine rings is 1. The second-order valence-corrected chi connectivity index (χ2v) is 8.82. The van der Waals surface area contributed by atoms with Gasteiger partial charge in [0.15, 0.2) is 11.5 Å². The molecule has 7 heteroatoms. The molecule has 1 N–H and O–H groups in total. The van der Waals surface area contributed by atoms with Crippen LogP contribution in [-0.2, 0) is 9.59 Å². The third kappa shape index (κ3) is 5.14. The van der Waals surface area contributed by atoms with E-state index in [2.05, 4.69) is 10.3 Å². The van der Waals surface area contributed by atoms with E-state index in [0.717, 1.165) is 22.4 Å². The lowest BCUT2D eigenvalue weighted by atomic mass is 9.82. The topological polar surface area (TPSA) is 80.8 Å². The number of hydrogen-bond donors (Lipinski definition) is 1. The number of carbonyl (C=O) groups is 2. The van der Waals surface area contributed by atoms with Crippen LogP contribution in [0.3, 0.4) is 0 Å². The third-order valence-electron chi connectivity index (χ3n) is 6.54. The van der Waals surface area contributed by atoms with Gasteiger partial charge in [0.2, 0.25) is 11.8 Å². The van der Waals surface area contributed by atoms with Gasteiger partial charge < -0.3 is 19.7 Å². The number of pyridine rings is 1. The molecule has 182 valence electrons. The molecule has 0 bridgehead atoms. The van der Waals surface area contributed by atoms with Gasteiger partial charge in [-0.3, -0.25) is 14.6 Å². The van der Waals surface area contributed by atoms with E-state index in [1.807, 2.05) is 68.4 Å². The molecule has 35 heavy (non-hydrogen) atoms. The SMILES string of the molecule is COc1ccc(C2C(C(=O)NC(C)c3cccnc3)CCC(=O)N2c2ccc(C)cc2)cc1OC. The molecular formula is C28H31N3O4. The summed E-state index contributed by atoms with van der Waals surface area (Å²) in [5, 5.41) is 3.14. The monoisotopic (exact) mass is 473 g/mol. The van der Waals surface area contributed by atoms with E-state index in [1.165, 1.54) is 0 Å². The van der Waals surface area contributed by atoms with Crippen molar-refractivity contribution in [2.45, 2.75) is 38.8 Å². The zero-order valence-electron chi connectivity index (χ0n) is 20.5. The van der Waals surface area contributed by atoms with Gasteiger partial charge in [-0.1, -0.05) is 29.8 Å². The number of amides is 2. The summed E-state index contributed by atoms with van der Waals surface area (Å²) in [6.45, 7) is 3.94. The van der Waals surface area contributed by atoms with E-state index in [1.54, 1.807) is 31.5 Å². The van der Waals surface area contributed by atoms with E-state index in [0.29, 0.717) is 17.9 Å². The molecule has 7 nitrogen and oxygen atoms in total. The van der Waals surface area contributed by atoms with Crippen molar-refractivity contribution in [3.05, 3.63) is 83.7 Å². The molecule has 0 spiro atoms. The summed E-state index contributed by atoms with van der Waals surface area (Å²) in [5.41, 5.74) is 3.59. The Hall–Kier alpha value is -3.87. The number of nitrogens with one attached hydrogen (secondary N) is 1. The Kier molecular flexibility index (Phi) is 7.34. The van der Waals surface area contributed by atoms with E-state index < -0.39 is 12.0 Å². The molecule has 1 saturated heterocycles. The lowest BCUT2D eigenvalue weighted by Gasteiger charge is -2.41. The van der Waals surface area contributed by atoms with Crippen LogP contribution in [0.2, 0.25) is 0 Å². The van der Waals surface area contributed by atoms with Crippen LogP contribution >= 0.6 is 0 Å². The number of rotatable bonds is 7. The molecule has 3 atom stereocenters. The number of methoxy groups -OCH3 is 2. The van der Waals surface area contributed by atoms with Gasteiger partial charge in [-0.25, -0.2) is 0 Å². The predicted molar refractivity (Wildman–Crippen MR) is 134 cm³/mol.